The summed E-state index contributed by atoms with van der Waals surface area (Å²) in [5.41, 5.74) is 6.81. The Morgan fingerprint density at radius 1 is 1.50 bits per heavy atom. The predicted octanol–water partition coefficient (Wildman–Crippen LogP) is 3.42. The van der Waals surface area contributed by atoms with Crippen molar-refractivity contribution in [2.75, 3.05) is 16.8 Å². The molecule has 0 fully saturated rings. The van der Waals surface area contributed by atoms with Gasteiger partial charge in [0.05, 0.1) is 17.6 Å². The van der Waals surface area contributed by atoms with Gasteiger partial charge in [0.15, 0.2) is 0 Å². The van der Waals surface area contributed by atoms with E-state index in [-0.39, 0.29) is 5.91 Å². The number of aromatic nitrogens is 1. The van der Waals surface area contributed by atoms with Crippen LogP contribution in [-0.4, -0.2) is 16.6 Å². The summed E-state index contributed by atoms with van der Waals surface area (Å²) in [6.45, 7) is 0. The molecule has 2 rings (SSSR count). The molecule has 0 bridgehead atoms. The van der Waals surface area contributed by atoms with Crippen LogP contribution in [0.3, 0.4) is 0 Å². The second-order valence-corrected chi connectivity index (χ2v) is 5.51. The minimum atomic E-state index is -0.0768. The van der Waals surface area contributed by atoms with E-state index >= 15 is 0 Å². The number of nitrogen functional groups attached to an aromatic ring is 1. The first kappa shape index (κ1) is 14.7. The van der Waals surface area contributed by atoms with Crippen LogP contribution in [0.5, 0.6) is 0 Å². The van der Waals surface area contributed by atoms with Crippen molar-refractivity contribution >= 4 is 40.6 Å². The maximum Gasteiger partial charge on any atom is 0.255 e. The molecule has 7 heteroatoms. The van der Waals surface area contributed by atoms with Crippen molar-refractivity contribution in [1.82, 2.24) is 4.98 Å². The molecular weight excluding hydrogens is 298 g/mol. The molecule has 0 atom stereocenters. The molecule has 2 aromatic rings. The van der Waals surface area contributed by atoms with E-state index in [1.165, 1.54) is 18.0 Å². The van der Waals surface area contributed by atoms with Gasteiger partial charge in [0.2, 0.25) is 5.91 Å². The molecule has 0 radical (unpaired) electrons. The topological polar surface area (TPSA) is 81.1 Å². The lowest BCUT2D eigenvalue weighted by molar-refractivity contribution is -0.116. The van der Waals surface area contributed by atoms with Gasteiger partial charge in [-0.05, 0) is 24.6 Å². The van der Waals surface area contributed by atoms with E-state index in [1.54, 1.807) is 24.4 Å². The lowest BCUT2D eigenvalue weighted by Crippen LogP contribution is -2.12. The zero-order valence-corrected chi connectivity index (χ0v) is 12.2. The van der Waals surface area contributed by atoms with Crippen LogP contribution in [0, 0.1) is 0 Å². The van der Waals surface area contributed by atoms with Crippen molar-refractivity contribution in [1.29, 1.82) is 0 Å². The first-order chi connectivity index (χ1) is 9.65. The third-order valence-electron chi connectivity index (χ3n) is 2.47. The quantitative estimate of drug-likeness (QED) is 0.485. The van der Waals surface area contributed by atoms with E-state index in [2.05, 4.69) is 10.3 Å². The minimum Gasteiger partial charge on any atom is -0.440 e. The van der Waals surface area contributed by atoms with Crippen LogP contribution < -0.4 is 11.1 Å². The molecule has 0 saturated carbocycles. The van der Waals surface area contributed by atoms with Gasteiger partial charge in [-0.1, -0.05) is 23.4 Å². The first-order valence-corrected chi connectivity index (χ1v) is 7.38. The minimum absolute atomic E-state index is 0.0768. The molecule has 0 spiro atoms. The summed E-state index contributed by atoms with van der Waals surface area (Å²) in [4.78, 5) is 15.8. The Hall–Kier alpha value is -1.66. The van der Waals surface area contributed by atoms with Crippen LogP contribution >= 0.6 is 23.4 Å². The van der Waals surface area contributed by atoms with Crippen molar-refractivity contribution in [2.45, 2.75) is 18.1 Å². The van der Waals surface area contributed by atoms with Crippen LogP contribution in [0.1, 0.15) is 12.8 Å². The number of oxazole rings is 1. The smallest absolute Gasteiger partial charge is 0.255 e. The monoisotopic (exact) mass is 311 g/mol. The van der Waals surface area contributed by atoms with Crippen LogP contribution in [0.4, 0.5) is 11.4 Å². The maximum atomic E-state index is 11.8. The maximum absolute atomic E-state index is 11.8. The molecule has 1 aromatic heterocycles. The summed E-state index contributed by atoms with van der Waals surface area (Å²) in [6, 6.07) is 4.98. The number of benzene rings is 1. The molecule has 1 aromatic carbocycles. The number of thioether (sulfide) groups is 1. The second-order valence-electron chi connectivity index (χ2n) is 4.03. The highest BCUT2D eigenvalue weighted by atomic mass is 35.5. The number of halogens is 1. The number of rotatable bonds is 6. The molecule has 0 unspecified atom stereocenters. The second kappa shape index (κ2) is 7.21. The van der Waals surface area contributed by atoms with Gasteiger partial charge in [0.1, 0.15) is 6.26 Å². The van der Waals surface area contributed by atoms with Gasteiger partial charge in [-0.25, -0.2) is 4.98 Å². The zero-order chi connectivity index (χ0) is 14.4. The number of nitrogens with two attached hydrogens (primary N) is 1. The number of nitrogens with zero attached hydrogens (tertiary/aromatic N) is 1. The van der Waals surface area contributed by atoms with Gasteiger partial charge in [-0.3, -0.25) is 4.79 Å². The van der Waals surface area contributed by atoms with Gasteiger partial charge >= 0.3 is 0 Å². The van der Waals surface area contributed by atoms with Crippen molar-refractivity contribution in [2.24, 2.45) is 0 Å². The number of carbonyl (C=O) groups is 1. The largest absolute Gasteiger partial charge is 0.440 e. The van der Waals surface area contributed by atoms with E-state index in [0.29, 0.717) is 28.0 Å². The fraction of sp³-hybridized carbons (Fsp3) is 0.231. The van der Waals surface area contributed by atoms with Crippen LogP contribution in [0.15, 0.2) is 40.3 Å². The van der Waals surface area contributed by atoms with E-state index in [1.807, 2.05) is 0 Å². The lowest BCUT2D eigenvalue weighted by atomic mass is 10.2. The first-order valence-electron chi connectivity index (χ1n) is 6.02. The Labute approximate surface area is 125 Å². The normalized spacial score (nSPS) is 10.4. The Balaban J connectivity index is 1.72. The molecule has 0 aliphatic heterocycles. The highest BCUT2D eigenvalue weighted by molar-refractivity contribution is 7.99. The summed E-state index contributed by atoms with van der Waals surface area (Å²) in [7, 11) is 0. The van der Waals surface area contributed by atoms with E-state index in [0.717, 1.165) is 12.2 Å². The number of hydrogen-bond donors (Lipinski definition) is 2. The van der Waals surface area contributed by atoms with E-state index < -0.39 is 0 Å². The number of nitrogens with one attached hydrogen (secondary N) is 1. The SMILES string of the molecule is Nc1cc(Cl)ccc1NC(=O)CCCSc1ncco1. The molecule has 1 amide bonds. The summed E-state index contributed by atoms with van der Waals surface area (Å²) >= 11 is 7.28. The molecule has 3 N–H and O–H groups in total. The molecule has 106 valence electrons. The van der Waals surface area contributed by atoms with Gasteiger partial charge in [0.25, 0.3) is 5.22 Å². The van der Waals surface area contributed by atoms with Crippen molar-refractivity contribution < 1.29 is 9.21 Å². The molecule has 20 heavy (non-hydrogen) atoms. The van der Waals surface area contributed by atoms with Crippen molar-refractivity contribution in [3.8, 4) is 0 Å². The summed E-state index contributed by atoms with van der Waals surface area (Å²) in [5.74, 6) is 0.691. The number of amides is 1. The molecule has 1 heterocycles. The number of hydrogen-bond acceptors (Lipinski definition) is 5. The van der Waals surface area contributed by atoms with Crippen molar-refractivity contribution in [3.05, 3.63) is 35.7 Å². The van der Waals surface area contributed by atoms with Crippen LogP contribution in [0.2, 0.25) is 5.02 Å². The third kappa shape index (κ3) is 4.47. The molecule has 5 nitrogen and oxygen atoms in total. The fourth-order valence-corrected chi connectivity index (χ4v) is 2.44. The standard InChI is InChI=1S/C13H14ClN3O2S/c14-9-3-4-11(10(15)8-9)17-12(18)2-1-7-20-13-16-5-6-19-13/h3-6,8H,1-2,7,15H2,(H,17,18). The molecule has 0 aliphatic carbocycles. The molecule has 0 aliphatic rings. The Kier molecular flexibility index (Phi) is 5.31. The van der Waals surface area contributed by atoms with Crippen LogP contribution in [-0.2, 0) is 4.79 Å². The van der Waals surface area contributed by atoms with Gasteiger partial charge < -0.3 is 15.5 Å². The lowest BCUT2D eigenvalue weighted by Gasteiger charge is -2.08. The Bertz CT molecular complexity index is 575. The van der Waals surface area contributed by atoms with Gasteiger partial charge in [0, 0.05) is 17.2 Å². The zero-order valence-electron chi connectivity index (χ0n) is 10.6. The Morgan fingerprint density at radius 2 is 2.35 bits per heavy atom. The average molecular weight is 312 g/mol. The van der Waals surface area contributed by atoms with Gasteiger partial charge in [-0.15, -0.1) is 0 Å². The highest BCUT2D eigenvalue weighted by Crippen LogP contribution is 2.23. The number of anilines is 2. The van der Waals surface area contributed by atoms with Crippen molar-refractivity contribution in [3.63, 3.8) is 0 Å². The highest BCUT2D eigenvalue weighted by Gasteiger charge is 2.06. The Morgan fingerprint density at radius 3 is 3.05 bits per heavy atom. The summed E-state index contributed by atoms with van der Waals surface area (Å²) in [5, 5.41) is 3.92. The average Bonchev–Trinajstić information content (AvgIpc) is 2.91. The number of carbonyl (C=O) groups excluding carboxylic acids is 1. The van der Waals surface area contributed by atoms with Gasteiger partial charge in [-0.2, -0.15) is 0 Å². The third-order valence-corrected chi connectivity index (χ3v) is 3.65. The predicted molar refractivity (Wildman–Crippen MR) is 81.0 cm³/mol. The molecule has 0 saturated heterocycles. The van der Waals surface area contributed by atoms with E-state index in [4.69, 9.17) is 21.8 Å². The summed E-state index contributed by atoms with van der Waals surface area (Å²) < 4.78 is 5.09. The van der Waals surface area contributed by atoms with Crippen LogP contribution in [0.25, 0.3) is 0 Å². The fourth-order valence-electron chi connectivity index (χ4n) is 1.53. The van der Waals surface area contributed by atoms with E-state index in [9.17, 15) is 4.79 Å². The summed E-state index contributed by atoms with van der Waals surface area (Å²) in [6.07, 6.45) is 4.26. The molecular formula is C13H14ClN3O2S.